The van der Waals surface area contributed by atoms with Gasteiger partial charge >= 0.3 is 0 Å². The van der Waals surface area contributed by atoms with E-state index in [1.165, 1.54) is 18.4 Å². The minimum absolute atomic E-state index is 0.0570. The van der Waals surface area contributed by atoms with Crippen molar-refractivity contribution in [3.8, 4) is 0 Å². The topological polar surface area (TPSA) is 32.3 Å². The van der Waals surface area contributed by atoms with Crippen LogP contribution in [0.2, 0.25) is 0 Å². The smallest absolute Gasteiger partial charge is 0.0448 e. The van der Waals surface area contributed by atoms with Crippen molar-refractivity contribution in [1.82, 2.24) is 5.32 Å². The van der Waals surface area contributed by atoms with Gasteiger partial charge in [-0.2, -0.15) is 0 Å². The highest BCUT2D eigenvalue weighted by Crippen LogP contribution is 2.08. The van der Waals surface area contributed by atoms with E-state index < -0.39 is 0 Å². The van der Waals surface area contributed by atoms with E-state index in [-0.39, 0.29) is 12.1 Å². The Balaban J connectivity index is 2.09. The third-order valence-electron chi connectivity index (χ3n) is 3.08. The maximum Gasteiger partial charge on any atom is 0.0448 e. The second-order valence-electron chi connectivity index (χ2n) is 5.23. The summed E-state index contributed by atoms with van der Waals surface area (Å²) < 4.78 is 0. The molecule has 0 aromatic heterocycles. The van der Waals surface area contributed by atoms with Gasteiger partial charge in [0, 0.05) is 12.1 Å². The van der Waals surface area contributed by atoms with Gasteiger partial charge < -0.3 is 10.4 Å². The average molecular weight is 235 g/mol. The van der Waals surface area contributed by atoms with E-state index in [0.717, 1.165) is 19.4 Å². The Morgan fingerprint density at radius 2 is 1.82 bits per heavy atom. The number of hydrogen-bond acceptors (Lipinski definition) is 2. The summed E-state index contributed by atoms with van der Waals surface area (Å²) in [5, 5.41) is 12.4. The molecule has 0 spiro atoms. The fourth-order valence-electron chi connectivity index (χ4n) is 1.89. The van der Waals surface area contributed by atoms with Gasteiger partial charge in [0.15, 0.2) is 0 Å². The predicted octanol–water partition coefficient (Wildman–Crippen LogP) is 2.76. The highest BCUT2D eigenvalue weighted by molar-refractivity contribution is 5.14. The molecule has 1 aromatic rings. The second kappa shape index (κ2) is 7.46. The molecule has 1 aromatic carbocycles. The Bertz CT molecular complexity index is 295. The molecule has 0 heterocycles. The first-order valence-electron chi connectivity index (χ1n) is 6.54. The van der Waals surface area contributed by atoms with Crippen molar-refractivity contribution in [2.24, 2.45) is 0 Å². The molecule has 0 bridgehead atoms. The number of aryl methyl sites for hydroxylation is 1. The molecular weight excluding hydrogens is 210 g/mol. The molecule has 0 atom stereocenters. The van der Waals surface area contributed by atoms with Gasteiger partial charge in [-0.1, -0.05) is 30.3 Å². The summed E-state index contributed by atoms with van der Waals surface area (Å²) in [5.74, 6) is 0. The van der Waals surface area contributed by atoms with Gasteiger partial charge in [0.25, 0.3) is 0 Å². The molecule has 17 heavy (non-hydrogen) atoms. The van der Waals surface area contributed by atoms with E-state index in [0.29, 0.717) is 0 Å². The Morgan fingerprint density at radius 1 is 1.12 bits per heavy atom. The molecule has 2 nitrogen and oxygen atoms in total. The van der Waals surface area contributed by atoms with Crippen molar-refractivity contribution in [3.05, 3.63) is 35.9 Å². The molecule has 0 aliphatic carbocycles. The molecule has 0 radical (unpaired) electrons. The second-order valence-corrected chi connectivity index (χ2v) is 5.23. The lowest BCUT2D eigenvalue weighted by Gasteiger charge is -2.25. The molecule has 0 unspecified atom stereocenters. The van der Waals surface area contributed by atoms with E-state index in [1.807, 2.05) is 0 Å². The van der Waals surface area contributed by atoms with Crippen molar-refractivity contribution in [2.45, 2.75) is 45.1 Å². The van der Waals surface area contributed by atoms with Crippen LogP contribution in [0.25, 0.3) is 0 Å². The fourth-order valence-corrected chi connectivity index (χ4v) is 1.89. The minimum Gasteiger partial charge on any atom is -0.396 e. The molecular formula is C15H25NO. The largest absolute Gasteiger partial charge is 0.396 e. The van der Waals surface area contributed by atoms with Crippen LogP contribution < -0.4 is 5.32 Å². The zero-order valence-corrected chi connectivity index (χ0v) is 11.1. The van der Waals surface area contributed by atoms with Gasteiger partial charge in [0.1, 0.15) is 0 Å². The number of nitrogens with one attached hydrogen (secondary N) is 1. The highest BCUT2D eigenvalue weighted by atomic mass is 16.3. The number of aliphatic hydroxyl groups excluding tert-OH is 1. The summed E-state index contributed by atoms with van der Waals surface area (Å²) in [5.41, 5.74) is 1.48. The first-order chi connectivity index (χ1) is 8.14. The first-order valence-corrected chi connectivity index (χ1v) is 6.54. The number of aliphatic hydroxyl groups is 1. The van der Waals surface area contributed by atoms with E-state index in [9.17, 15) is 0 Å². The Hall–Kier alpha value is -0.860. The Morgan fingerprint density at radius 3 is 2.47 bits per heavy atom. The van der Waals surface area contributed by atoms with Gasteiger partial charge in [-0.25, -0.2) is 0 Å². The molecule has 0 saturated carbocycles. The normalized spacial score (nSPS) is 11.7. The first kappa shape index (κ1) is 14.2. The van der Waals surface area contributed by atoms with Gasteiger partial charge in [-0.3, -0.25) is 0 Å². The van der Waals surface area contributed by atoms with E-state index in [4.69, 9.17) is 5.11 Å². The summed E-state index contributed by atoms with van der Waals surface area (Å²) >= 11 is 0. The number of unbranched alkanes of at least 4 members (excludes halogenated alkanes) is 1. The molecule has 0 fully saturated rings. The van der Waals surface area contributed by atoms with Crippen LogP contribution in [0.5, 0.6) is 0 Å². The molecule has 2 N–H and O–H groups in total. The van der Waals surface area contributed by atoms with Gasteiger partial charge in [0.05, 0.1) is 0 Å². The zero-order chi connectivity index (χ0) is 12.6. The zero-order valence-electron chi connectivity index (χ0n) is 11.1. The van der Waals surface area contributed by atoms with Crippen molar-refractivity contribution in [3.63, 3.8) is 0 Å². The Kier molecular flexibility index (Phi) is 6.23. The van der Waals surface area contributed by atoms with Crippen molar-refractivity contribution >= 4 is 0 Å². The van der Waals surface area contributed by atoms with Crippen LogP contribution in [0.15, 0.2) is 30.3 Å². The highest BCUT2D eigenvalue weighted by Gasteiger charge is 2.14. The lowest BCUT2D eigenvalue weighted by molar-refractivity contribution is 0.230. The molecule has 0 saturated heterocycles. The fraction of sp³-hybridized carbons (Fsp3) is 0.600. The molecule has 0 amide bonds. The molecule has 0 aliphatic rings. The number of rotatable bonds is 8. The maximum absolute atomic E-state index is 8.91. The summed E-state index contributed by atoms with van der Waals surface area (Å²) in [6.07, 6.45) is 4.37. The van der Waals surface area contributed by atoms with Crippen LogP contribution in [0, 0.1) is 0 Å². The van der Waals surface area contributed by atoms with Crippen LogP contribution >= 0.6 is 0 Å². The standard InChI is InChI=1S/C15H25NO/c1-15(2,11-13-17)16-12-7-6-10-14-8-4-3-5-9-14/h3-5,8-9,16-17H,6-7,10-13H2,1-2H3. The monoisotopic (exact) mass is 235 g/mol. The third kappa shape index (κ3) is 6.44. The van der Waals surface area contributed by atoms with Crippen molar-refractivity contribution < 1.29 is 5.11 Å². The SMILES string of the molecule is CC(C)(CCO)NCCCCc1ccccc1. The number of benzene rings is 1. The summed E-state index contributed by atoms with van der Waals surface area (Å²) in [7, 11) is 0. The molecule has 2 heteroatoms. The lowest BCUT2D eigenvalue weighted by Crippen LogP contribution is -2.40. The van der Waals surface area contributed by atoms with Gasteiger partial charge in [0.2, 0.25) is 0 Å². The van der Waals surface area contributed by atoms with Crippen LogP contribution in [0.3, 0.4) is 0 Å². The Labute approximate surface area is 105 Å². The van der Waals surface area contributed by atoms with Crippen molar-refractivity contribution in [1.29, 1.82) is 0 Å². The van der Waals surface area contributed by atoms with E-state index in [1.54, 1.807) is 0 Å². The van der Waals surface area contributed by atoms with E-state index in [2.05, 4.69) is 49.5 Å². The van der Waals surface area contributed by atoms with Gasteiger partial charge in [-0.05, 0) is 51.6 Å². The third-order valence-corrected chi connectivity index (χ3v) is 3.08. The maximum atomic E-state index is 8.91. The van der Waals surface area contributed by atoms with Crippen LogP contribution in [-0.4, -0.2) is 23.8 Å². The summed E-state index contributed by atoms with van der Waals surface area (Å²) in [6, 6.07) is 10.6. The van der Waals surface area contributed by atoms with Crippen LogP contribution in [0.1, 0.15) is 38.7 Å². The van der Waals surface area contributed by atoms with Crippen LogP contribution in [0.4, 0.5) is 0 Å². The quantitative estimate of drug-likeness (QED) is 0.679. The van der Waals surface area contributed by atoms with E-state index >= 15 is 0 Å². The van der Waals surface area contributed by atoms with Crippen LogP contribution in [-0.2, 0) is 6.42 Å². The minimum atomic E-state index is 0.0570. The summed E-state index contributed by atoms with van der Waals surface area (Å²) in [4.78, 5) is 0. The number of hydrogen-bond donors (Lipinski definition) is 2. The molecule has 0 aliphatic heterocycles. The lowest BCUT2D eigenvalue weighted by atomic mass is 10.0. The molecule has 1 rings (SSSR count). The van der Waals surface area contributed by atoms with Gasteiger partial charge in [-0.15, -0.1) is 0 Å². The summed E-state index contributed by atoms with van der Waals surface area (Å²) in [6.45, 7) is 5.56. The average Bonchev–Trinajstić information content (AvgIpc) is 2.30. The predicted molar refractivity (Wildman–Crippen MR) is 73.2 cm³/mol. The van der Waals surface area contributed by atoms with Crippen molar-refractivity contribution in [2.75, 3.05) is 13.2 Å². The molecule has 96 valence electrons.